The molecule has 3 aliphatic rings. The molecule has 0 fully saturated rings. The third-order valence-corrected chi connectivity index (χ3v) is 6.56. The largest absolute Gasteiger partial charge is 0.318 e. The van der Waals surface area contributed by atoms with E-state index in [4.69, 9.17) is 0 Å². The Labute approximate surface area is 212 Å². The molecular formula is C28H48N4O3. The molecule has 7 heteroatoms. The lowest BCUT2D eigenvalue weighted by Gasteiger charge is -2.37. The monoisotopic (exact) mass is 488 g/mol. The Kier molecular flexibility index (Phi) is 13.2. The Morgan fingerprint density at radius 3 is 2.14 bits per heavy atom. The number of hydrogen-bond donors (Lipinski definition) is 0. The van der Waals surface area contributed by atoms with Gasteiger partial charge in [0.15, 0.2) is 0 Å². The van der Waals surface area contributed by atoms with Crippen LogP contribution in [0.3, 0.4) is 0 Å². The van der Waals surface area contributed by atoms with Crippen molar-refractivity contribution in [3.63, 3.8) is 0 Å². The standard InChI is InChI=1S/C14H22N2O2.C10H14N2O.2C2H6/c1-4-5-10(2)16-13(17)8-11-6-7-15(3)9-12(11)14(16)18;1-11-5-3-8-4-6-12(2)10(13)9(8)7-11;2*1-2/h10H,4-9H2,1-3H3;4,6H,3,5,7H2,1-2H3;2*1-2H3. The van der Waals surface area contributed by atoms with Crippen LogP contribution in [0.4, 0.5) is 0 Å². The molecule has 0 saturated carbocycles. The molecule has 0 N–H and O–H groups in total. The smallest absolute Gasteiger partial charge is 0.257 e. The van der Waals surface area contributed by atoms with Gasteiger partial charge in [-0.1, -0.05) is 41.0 Å². The van der Waals surface area contributed by atoms with Gasteiger partial charge in [0.05, 0.1) is 0 Å². The van der Waals surface area contributed by atoms with Gasteiger partial charge in [0.1, 0.15) is 0 Å². The minimum Gasteiger partial charge on any atom is -0.318 e. The van der Waals surface area contributed by atoms with E-state index in [0.29, 0.717) is 13.0 Å². The van der Waals surface area contributed by atoms with Gasteiger partial charge in [-0.15, -0.1) is 0 Å². The van der Waals surface area contributed by atoms with Crippen LogP contribution in [0.1, 0.15) is 78.4 Å². The number of imide groups is 1. The molecule has 2 amide bonds. The van der Waals surface area contributed by atoms with Crippen molar-refractivity contribution in [2.45, 2.75) is 86.2 Å². The van der Waals surface area contributed by atoms with Crippen LogP contribution in [0.2, 0.25) is 0 Å². The third-order valence-electron chi connectivity index (χ3n) is 6.56. The predicted molar refractivity (Wildman–Crippen MR) is 144 cm³/mol. The molecule has 0 radical (unpaired) electrons. The Bertz CT molecular complexity index is 935. The van der Waals surface area contributed by atoms with Gasteiger partial charge >= 0.3 is 0 Å². The summed E-state index contributed by atoms with van der Waals surface area (Å²) >= 11 is 0. The van der Waals surface area contributed by atoms with Crippen molar-refractivity contribution in [3.05, 3.63) is 44.9 Å². The third kappa shape index (κ3) is 7.87. The minimum atomic E-state index is -0.0475. The van der Waals surface area contributed by atoms with Crippen molar-refractivity contribution in [1.29, 1.82) is 0 Å². The zero-order valence-electron chi connectivity index (χ0n) is 23.6. The molecule has 1 aromatic heterocycles. The first-order valence-electron chi connectivity index (χ1n) is 13.3. The zero-order valence-corrected chi connectivity index (χ0v) is 23.6. The Balaban J connectivity index is 0.000000318. The van der Waals surface area contributed by atoms with E-state index in [1.807, 2.05) is 47.9 Å². The van der Waals surface area contributed by atoms with Crippen molar-refractivity contribution in [3.8, 4) is 0 Å². The summed E-state index contributed by atoms with van der Waals surface area (Å²) in [6.45, 7) is 15.5. The highest BCUT2D eigenvalue weighted by molar-refractivity contribution is 6.09. The van der Waals surface area contributed by atoms with Gasteiger partial charge in [-0.3, -0.25) is 19.3 Å². The number of likely N-dealkylation sites (N-methyl/N-ethyl adjacent to an activating group) is 2. The van der Waals surface area contributed by atoms with Crippen molar-refractivity contribution < 1.29 is 9.59 Å². The van der Waals surface area contributed by atoms with Crippen LogP contribution in [0.25, 0.3) is 0 Å². The summed E-state index contributed by atoms with van der Waals surface area (Å²) in [4.78, 5) is 42.1. The number of aromatic nitrogens is 1. The topological polar surface area (TPSA) is 65.9 Å². The highest BCUT2D eigenvalue weighted by atomic mass is 16.2. The highest BCUT2D eigenvalue weighted by Crippen LogP contribution is 2.29. The molecule has 0 spiro atoms. The second-order valence-corrected chi connectivity index (χ2v) is 9.18. The summed E-state index contributed by atoms with van der Waals surface area (Å²) in [7, 11) is 5.87. The van der Waals surface area contributed by atoms with Gasteiger partial charge in [0, 0.05) is 63.0 Å². The molecule has 4 rings (SSSR count). The fourth-order valence-electron chi connectivity index (χ4n) is 4.65. The van der Waals surface area contributed by atoms with Crippen LogP contribution in [0.15, 0.2) is 28.2 Å². The van der Waals surface area contributed by atoms with Gasteiger partial charge in [0.2, 0.25) is 5.91 Å². The molecule has 0 bridgehead atoms. The summed E-state index contributed by atoms with van der Waals surface area (Å²) in [5.74, 6) is -0.0574. The Morgan fingerprint density at radius 2 is 1.51 bits per heavy atom. The number of amides is 2. The molecule has 35 heavy (non-hydrogen) atoms. The maximum atomic E-state index is 12.5. The van der Waals surface area contributed by atoms with Gasteiger partial charge < -0.3 is 14.4 Å². The van der Waals surface area contributed by atoms with E-state index in [-0.39, 0.29) is 23.4 Å². The molecule has 198 valence electrons. The maximum absolute atomic E-state index is 12.5. The van der Waals surface area contributed by atoms with E-state index in [0.717, 1.165) is 62.0 Å². The molecule has 0 saturated heterocycles. The van der Waals surface area contributed by atoms with E-state index in [1.54, 1.807) is 11.6 Å². The second-order valence-electron chi connectivity index (χ2n) is 9.18. The molecular weight excluding hydrogens is 440 g/mol. The minimum absolute atomic E-state index is 0.00995. The van der Waals surface area contributed by atoms with Crippen LogP contribution in [-0.4, -0.2) is 70.9 Å². The number of aryl methyl sites for hydroxylation is 1. The normalized spacial score (nSPS) is 18.7. The first kappa shape index (κ1) is 30.8. The van der Waals surface area contributed by atoms with Gasteiger partial charge in [-0.05, 0) is 57.5 Å². The first-order valence-corrected chi connectivity index (χ1v) is 13.3. The number of rotatable bonds is 3. The van der Waals surface area contributed by atoms with Crippen LogP contribution in [-0.2, 0) is 29.6 Å². The van der Waals surface area contributed by atoms with E-state index in [1.165, 1.54) is 10.5 Å². The summed E-state index contributed by atoms with van der Waals surface area (Å²) < 4.78 is 1.65. The zero-order chi connectivity index (χ0) is 26.7. The summed E-state index contributed by atoms with van der Waals surface area (Å²) in [5, 5.41) is 0. The molecule has 4 heterocycles. The molecule has 1 atom stereocenters. The predicted octanol–water partition coefficient (Wildman–Crippen LogP) is 3.99. The lowest BCUT2D eigenvalue weighted by atomic mass is 9.91. The van der Waals surface area contributed by atoms with Crippen molar-refractivity contribution in [2.75, 3.05) is 33.7 Å². The molecule has 3 aliphatic heterocycles. The lowest BCUT2D eigenvalue weighted by molar-refractivity contribution is -0.146. The van der Waals surface area contributed by atoms with Gasteiger partial charge in [0.25, 0.3) is 11.5 Å². The van der Waals surface area contributed by atoms with Crippen molar-refractivity contribution in [2.24, 2.45) is 7.05 Å². The van der Waals surface area contributed by atoms with Gasteiger partial charge in [-0.25, -0.2) is 0 Å². The molecule has 0 aliphatic carbocycles. The molecule has 0 aromatic carbocycles. The average Bonchev–Trinajstić information content (AvgIpc) is 2.85. The SMILES string of the molecule is CC.CC.CCCC(C)N1C(=O)CC2=C(CN(C)CC2)C1=O.CN1CCc2ccn(C)c(=O)c2C1. The number of hydrogen-bond acceptors (Lipinski definition) is 5. The lowest BCUT2D eigenvalue weighted by Crippen LogP contribution is -2.50. The van der Waals surface area contributed by atoms with Crippen molar-refractivity contribution in [1.82, 2.24) is 19.3 Å². The Morgan fingerprint density at radius 1 is 0.914 bits per heavy atom. The summed E-state index contributed by atoms with van der Waals surface area (Å²) in [6, 6.07) is 2.08. The number of carbonyl (C=O) groups is 2. The highest BCUT2D eigenvalue weighted by Gasteiger charge is 2.37. The number of pyridine rings is 1. The van der Waals surface area contributed by atoms with E-state index in [2.05, 4.69) is 29.8 Å². The quantitative estimate of drug-likeness (QED) is 0.602. The van der Waals surface area contributed by atoms with Crippen LogP contribution >= 0.6 is 0 Å². The number of nitrogens with zero attached hydrogens (tertiary/aromatic N) is 4. The second kappa shape index (κ2) is 15.0. The summed E-state index contributed by atoms with van der Waals surface area (Å²) in [6.07, 6.45) is 6.04. The fraction of sp³-hybridized carbons (Fsp3) is 0.679. The molecule has 7 nitrogen and oxygen atoms in total. The van der Waals surface area contributed by atoms with E-state index in [9.17, 15) is 14.4 Å². The van der Waals surface area contributed by atoms with Crippen LogP contribution in [0, 0.1) is 0 Å². The molecule has 1 unspecified atom stereocenters. The van der Waals surface area contributed by atoms with E-state index >= 15 is 0 Å². The number of carbonyl (C=O) groups excluding carboxylic acids is 2. The molecule has 1 aromatic rings. The first-order chi connectivity index (χ1) is 16.7. The summed E-state index contributed by atoms with van der Waals surface area (Å²) in [5.41, 5.74) is 4.29. The average molecular weight is 489 g/mol. The van der Waals surface area contributed by atoms with Crippen molar-refractivity contribution >= 4 is 11.8 Å². The Hall–Kier alpha value is -2.25. The fourth-order valence-corrected chi connectivity index (χ4v) is 4.65. The van der Waals surface area contributed by atoms with Gasteiger partial charge in [-0.2, -0.15) is 0 Å². The van der Waals surface area contributed by atoms with Crippen LogP contribution < -0.4 is 5.56 Å². The van der Waals surface area contributed by atoms with Crippen LogP contribution in [0.5, 0.6) is 0 Å². The van der Waals surface area contributed by atoms with E-state index < -0.39 is 0 Å². The number of fused-ring (bicyclic) bond motifs is 1. The maximum Gasteiger partial charge on any atom is 0.257 e.